The molecular formula is C14H31N3. The van der Waals surface area contributed by atoms with Crippen LogP contribution in [0.15, 0.2) is 0 Å². The van der Waals surface area contributed by atoms with Crippen LogP contribution in [0.1, 0.15) is 40.0 Å². The van der Waals surface area contributed by atoms with Crippen molar-refractivity contribution in [1.82, 2.24) is 15.1 Å². The molecule has 0 aromatic carbocycles. The Morgan fingerprint density at radius 1 is 1.24 bits per heavy atom. The van der Waals surface area contributed by atoms with E-state index in [9.17, 15) is 0 Å². The summed E-state index contributed by atoms with van der Waals surface area (Å²) in [6.07, 6.45) is 4.05. The zero-order valence-electron chi connectivity index (χ0n) is 12.4. The van der Waals surface area contributed by atoms with Gasteiger partial charge in [0, 0.05) is 24.7 Å². The lowest BCUT2D eigenvalue weighted by molar-refractivity contribution is 0.128. The molecule has 102 valence electrons. The number of likely N-dealkylation sites (N-methyl/N-ethyl adjacent to an activating group) is 2. The Labute approximate surface area is 108 Å². The van der Waals surface area contributed by atoms with E-state index in [4.69, 9.17) is 0 Å². The average molecular weight is 241 g/mol. The minimum absolute atomic E-state index is 0.667. The predicted octanol–water partition coefficient (Wildman–Crippen LogP) is 1.79. The molecule has 0 heterocycles. The molecule has 3 heteroatoms. The molecule has 1 aliphatic carbocycles. The van der Waals surface area contributed by atoms with Gasteiger partial charge in [0.1, 0.15) is 0 Å². The number of nitrogens with zero attached hydrogens (tertiary/aromatic N) is 2. The Kier molecular flexibility index (Phi) is 6.45. The topological polar surface area (TPSA) is 18.5 Å². The fourth-order valence-electron chi connectivity index (χ4n) is 3.30. The van der Waals surface area contributed by atoms with Crippen LogP contribution in [0.5, 0.6) is 0 Å². The van der Waals surface area contributed by atoms with Crippen LogP contribution in [0.4, 0.5) is 0 Å². The van der Waals surface area contributed by atoms with Crippen molar-refractivity contribution in [2.24, 2.45) is 0 Å². The molecule has 0 saturated heterocycles. The number of hydrogen-bond acceptors (Lipinski definition) is 3. The highest BCUT2D eigenvalue weighted by atomic mass is 15.2. The summed E-state index contributed by atoms with van der Waals surface area (Å²) >= 11 is 0. The van der Waals surface area contributed by atoms with Gasteiger partial charge in [-0.05, 0) is 53.4 Å². The third-order valence-electron chi connectivity index (χ3n) is 3.93. The Bertz CT molecular complexity index is 206. The highest BCUT2D eigenvalue weighted by molar-refractivity contribution is 4.88. The molecule has 1 fully saturated rings. The third-order valence-corrected chi connectivity index (χ3v) is 3.93. The average Bonchev–Trinajstić information content (AvgIpc) is 2.67. The van der Waals surface area contributed by atoms with Crippen molar-refractivity contribution in [3.05, 3.63) is 0 Å². The Hall–Kier alpha value is -0.120. The smallest absolute Gasteiger partial charge is 0.0197 e. The number of rotatable bonds is 7. The standard InChI is InChI=1S/C14H31N3/c1-6-15-13-8-9-14(10-13)17(7-2)12(3)11-16(4)5/h12-15H,6-11H2,1-5H3. The van der Waals surface area contributed by atoms with E-state index in [1.807, 2.05) is 0 Å². The van der Waals surface area contributed by atoms with Gasteiger partial charge in [-0.25, -0.2) is 0 Å². The summed E-state index contributed by atoms with van der Waals surface area (Å²) in [5.41, 5.74) is 0. The van der Waals surface area contributed by atoms with Crippen molar-refractivity contribution < 1.29 is 0 Å². The van der Waals surface area contributed by atoms with Gasteiger partial charge in [-0.2, -0.15) is 0 Å². The summed E-state index contributed by atoms with van der Waals surface area (Å²) in [6, 6.07) is 2.21. The van der Waals surface area contributed by atoms with Crippen LogP contribution < -0.4 is 5.32 Å². The highest BCUT2D eigenvalue weighted by Crippen LogP contribution is 2.25. The van der Waals surface area contributed by atoms with E-state index in [1.54, 1.807) is 0 Å². The van der Waals surface area contributed by atoms with Gasteiger partial charge < -0.3 is 10.2 Å². The second kappa shape index (κ2) is 7.34. The highest BCUT2D eigenvalue weighted by Gasteiger charge is 2.30. The van der Waals surface area contributed by atoms with Gasteiger partial charge >= 0.3 is 0 Å². The molecule has 0 radical (unpaired) electrons. The molecule has 17 heavy (non-hydrogen) atoms. The van der Waals surface area contributed by atoms with Gasteiger partial charge in [0.05, 0.1) is 0 Å². The van der Waals surface area contributed by atoms with Crippen molar-refractivity contribution >= 4 is 0 Å². The van der Waals surface area contributed by atoms with Crippen molar-refractivity contribution in [3.63, 3.8) is 0 Å². The van der Waals surface area contributed by atoms with Gasteiger partial charge in [0.2, 0.25) is 0 Å². The Morgan fingerprint density at radius 3 is 2.47 bits per heavy atom. The second-order valence-electron chi connectivity index (χ2n) is 5.66. The molecule has 1 saturated carbocycles. The monoisotopic (exact) mass is 241 g/mol. The zero-order valence-corrected chi connectivity index (χ0v) is 12.4. The molecule has 0 spiro atoms. The van der Waals surface area contributed by atoms with Crippen molar-refractivity contribution in [2.75, 3.05) is 33.7 Å². The van der Waals surface area contributed by atoms with Crippen LogP contribution in [-0.2, 0) is 0 Å². The molecule has 1 N–H and O–H groups in total. The van der Waals surface area contributed by atoms with Crippen LogP contribution in [0, 0.1) is 0 Å². The molecule has 0 bridgehead atoms. The van der Waals surface area contributed by atoms with Gasteiger partial charge in [-0.15, -0.1) is 0 Å². The van der Waals surface area contributed by atoms with E-state index in [0.717, 1.165) is 25.2 Å². The molecule has 0 aliphatic heterocycles. The van der Waals surface area contributed by atoms with Gasteiger partial charge in [-0.1, -0.05) is 13.8 Å². The van der Waals surface area contributed by atoms with E-state index < -0.39 is 0 Å². The predicted molar refractivity (Wildman–Crippen MR) is 75.5 cm³/mol. The molecule has 3 atom stereocenters. The van der Waals surface area contributed by atoms with Crippen LogP contribution in [0.3, 0.4) is 0 Å². The van der Waals surface area contributed by atoms with Crippen LogP contribution in [0.25, 0.3) is 0 Å². The van der Waals surface area contributed by atoms with E-state index in [-0.39, 0.29) is 0 Å². The van der Waals surface area contributed by atoms with Gasteiger partial charge in [0.15, 0.2) is 0 Å². The quantitative estimate of drug-likeness (QED) is 0.733. The van der Waals surface area contributed by atoms with E-state index in [2.05, 4.69) is 50.0 Å². The molecular weight excluding hydrogens is 210 g/mol. The molecule has 0 aromatic rings. The first-order valence-electron chi connectivity index (χ1n) is 7.22. The second-order valence-corrected chi connectivity index (χ2v) is 5.66. The Balaban J connectivity index is 2.45. The van der Waals surface area contributed by atoms with Crippen LogP contribution in [-0.4, -0.2) is 61.7 Å². The first-order valence-corrected chi connectivity index (χ1v) is 7.22. The molecule has 1 rings (SSSR count). The summed E-state index contributed by atoms with van der Waals surface area (Å²) in [6.45, 7) is 10.3. The minimum atomic E-state index is 0.667. The molecule has 0 amide bonds. The normalized spacial score (nSPS) is 27.0. The lowest BCUT2D eigenvalue weighted by Crippen LogP contribution is -2.45. The summed E-state index contributed by atoms with van der Waals surface area (Å²) in [7, 11) is 4.33. The van der Waals surface area contributed by atoms with Crippen molar-refractivity contribution in [3.8, 4) is 0 Å². The van der Waals surface area contributed by atoms with Crippen LogP contribution >= 0.6 is 0 Å². The maximum Gasteiger partial charge on any atom is 0.0197 e. The summed E-state index contributed by atoms with van der Waals surface area (Å²) < 4.78 is 0. The third kappa shape index (κ3) is 4.57. The van der Waals surface area contributed by atoms with Crippen LogP contribution in [0.2, 0.25) is 0 Å². The lowest BCUT2D eigenvalue weighted by atomic mass is 10.1. The van der Waals surface area contributed by atoms with E-state index >= 15 is 0 Å². The molecule has 3 nitrogen and oxygen atoms in total. The number of hydrogen-bond donors (Lipinski definition) is 1. The lowest BCUT2D eigenvalue weighted by Gasteiger charge is -2.35. The van der Waals surface area contributed by atoms with E-state index in [0.29, 0.717) is 6.04 Å². The summed E-state index contributed by atoms with van der Waals surface area (Å²) in [5.74, 6) is 0. The largest absolute Gasteiger partial charge is 0.314 e. The molecule has 3 unspecified atom stereocenters. The Morgan fingerprint density at radius 2 is 1.94 bits per heavy atom. The first kappa shape index (κ1) is 14.9. The molecule has 0 aromatic heterocycles. The van der Waals surface area contributed by atoms with Gasteiger partial charge in [0.25, 0.3) is 0 Å². The fourth-order valence-corrected chi connectivity index (χ4v) is 3.30. The minimum Gasteiger partial charge on any atom is -0.314 e. The summed E-state index contributed by atoms with van der Waals surface area (Å²) in [5, 5.41) is 3.60. The maximum absolute atomic E-state index is 3.60. The van der Waals surface area contributed by atoms with Gasteiger partial charge in [-0.3, -0.25) is 4.90 Å². The SMILES string of the molecule is CCNC1CCC(N(CC)C(C)CN(C)C)C1. The molecule has 1 aliphatic rings. The maximum atomic E-state index is 3.60. The summed E-state index contributed by atoms with van der Waals surface area (Å²) in [4.78, 5) is 4.99. The zero-order chi connectivity index (χ0) is 12.8. The fraction of sp³-hybridized carbons (Fsp3) is 1.00. The van der Waals surface area contributed by atoms with Crippen molar-refractivity contribution in [1.29, 1.82) is 0 Å². The van der Waals surface area contributed by atoms with Crippen molar-refractivity contribution in [2.45, 2.75) is 58.2 Å². The first-order chi connectivity index (χ1) is 8.08. The number of nitrogens with one attached hydrogen (secondary N) is 1. The van der Waals surface area contributed by atoms with E-state index in [1.165, 1.54) is 25.8 Å².